The van der Waals surface area contributed by atoms with E-state index in [4.69, 9.17) is 0 Å². The molecule has 1 aliphatic rings. The molecule has 0 heterocycles. The van der Waals surface area contributed by atoms with Crippen LogP contribution in [0.1, 0.15) is 49.4 Å². The Bertz CT molecular complexity index is 504. The molecule has 21 heavy (non-hydrogen) atoms. The zero-order chi connectivity index (χ0) is 15.4. The van der Waals surface area contributed by atoms with Crippen molar-refractivity contribution in [1.29, 1.82) is 0 Å². The van der Waals surface area contributed by atoms with Crippen LogP contribution in [-0.2, 0) is 0 Å². The van der Waals surface area contributed by atoms with Crippen molar-refractivity contribution in [2.75, 3.05) is 5.32 Å². The first-order chi connectivity index (χ1) is 10.0. The molecule has 2 rings (SSSR count). The summed E-state index contributed by atoms with van der Waals surface area (Å²) in [6.45, 7) is 2.17. The Hall–Kier alpha value is -2.11. The topological polar surface area (TPSA) is 92.5 Å². The monoisotopic (exact) mass is 292 g/mol. The lowest BCUT2D eigenvalue weighted by Gasteiger charge is -2.29. The highest BCUT2D eigenvalue weighted by molar-refractivity contribution is 5.96. The molecule has 1 saturated carbocycles. The summed E-state index contributed by atoms with van der Waals surface area (Å²) in [5.41, 5.74) is -0.0794. The predicted octanol–water partition coefficient (Wildman–Crippen LogP) is 3.67. The van der Waals surface area contributed by atoms with Crippen molar-refractivity contribution in [3.05, 3.63) is 33.9 Å². The van der Waals surface area contributed by atoms with Crippen molar-refractivity contribution in [1.82, 2.24) is 0 Å². The first-order valence-electron chi connectivity index (χ1n) is 7.30. The van der Waals surface area contributed by atoms with Crippen LogP contribution in [0.25, 0.3) is 0 Å². The molecule has 0 spiro atoms. The standard InChI is InChI=1S/C15H20N2O4/c1-2-10-6-8-11(9-7-10)16-14-12(15(18)19)4-3-5-13(14)17(20)21/h3-5,10-11,16H,2,6-9H2,1H3,(H,18,19). The van der Waals surface area contributed by atoms with Gasteiger partial charge in [-0.25, -0.2) is 4.79 Å². The van der Waals surface area contributed by atoms with Gasteiger partial charge in [0, 0.05) is 12.1 Å². The molecule has 1 fully saturated rings. The summed E-state index contributed by atoms with van der Waals surface area (Å²) >= 11 is 0. The Labute approximate surface area is 123 Å². The van der Waals surface area contributed by atoms with Crippen molar-refractivity contribution in [2.24, 2.45) is 5.92 Å². The highest BCUT2D eigenvalue weighted by Gasteiger charge is 2.26. The third-order valence-corrected chi connectivity index (χ3v) is 4.24. The maximum absolute atomic E-state index is 11.3. The van der Waals surface area contributed by atoms with Crippen LogP contribution in [0.2, 0.25) is 0 Å². The number of benzene rings is 1. The molecular weight excluding hydrogens is 272 g/mol. The summed E-state index contributed by atoms with van der Waals surface area (Å²) in [5, 5.41) is 23.4. The van der Waals surface area contributed by atoms with Crippen molar-refractivity contribution in [3.63, 3.8) is 0 Å². The zero-order valence-electron chi connectivity index (χ0n) is 12.0. The molecule has 0 atom stereocenters. The number of nitrogens with zero attached hydrogens (tertiary/aromatic N) is 1. The third-order valence-electron chi connectivity index (χ3n) is 4.24. The van der Waals surface area contributed by atoms with Gasteiger partial charge in [-0.15, -0.1) is 0 Å². The zero-order valence-corrected chi connectivity index (χ0v) is 12.0. The van der Waals surface area contributed by atoms with E-state index in [1.54, 1.807) is 0 Å². The molecule has 1 aromatic carbocycles. The molecule has 0 saturated heterocycles. The van der Waals surface area contributed by atoms with E-state index in [0.717, 1.165) is 32.1 Å². The SMILES string of the molecule is CCC1CCC(Nc2c(C(=O)O)cccc2[N+](=O)[O-])CC1. The second-order valence-corrected chi connectivity index (χ2v) is 5.53. The normalized spacial score (nSPS) is 21.8. The summed E-state index contributed by atoms with van der Waals surface area (Å²) in [4.78, 5) is 21.8. The Morgan fingerprint density at radius 3 is 2.57 bits per heavy atom. The van der Waals surface area contributed by atoms with Crippen molar-refractivity contribution in [2.45, 2.75) is 45.1 Å². The number of nitro benzene ring substituents is 1. The molecule has 0 aromatic heterocycles. The maximum Gasteiger partial charge on any atom is 0.338 e. The Morgan fingerprint density at radius 2 is 2.05 bits per heavy atom. The Kier molecular flexibility index (Phi) is 4.77. The average molecular weight is 292 g/mol. The highest BCUT2D eigenvalue weighted by Crippen LogP contribution is 2.33. The molecule has 0 aliphatic heterocycles. The summed E-state index contributed by atoms with van der Waals surface area (Å²) in [6, 6.07) is 4.25. The van der Waals surface area contributed by atoms with E-state index in [1.807, 2.05) is 0 Å². The molecule has 6 nitrogen and oxygen atoms in total. The van der Waals surface area contributed by atoms with Crippen LogP contribution in [0.4, 0.5) is 11.4 Å². The van der Waals surface area contributed by atoms with E-state index in [2.05, 4.69) is 12.2 Å². The van der Waals surface area contributed by atoms with Crippen LogP contribution in [0, 0.1) is 16.0 Å². The van der Waals surface area contributed by atoms with E-state index in [0.29, 0.717) is 5.92 Å². The number of anilines is 1. The molecule has 2 N–H and O–H groups in total. The number of hydrogen-bond donors (Lipinski definition) is 2. The highest BCUT2D eigenvalue weighted by atomic mass is 16.6. The van der Waals surface area contributed by atoms with Gasteiger partial charge in [0.05, 0.1) is 10.5 Å². The van der Waals surface area contributed by atoms with Crippen LogP contribution < -0.4 is 5.32 Å². The molecule has 114 valence electrons. The van der Waals surface area contributed by atoms with Gasteiger partial charge in [-0.2, -0.15) is 0 Å². The van der Waals surface area contributed by atoms with E-state index in [-0.39, 0.29) is 23.0 Å². The first-order valence-corrected chi connectivity index (χ1v) is 7.30. The lowest BCUT2D eigenvalue weighted by molar-refractivity contribution is -0.384. The fourth-order valence-electron chi connectivity index (χ4n) is 2.94. The molecular formula is C15H20N2O4. The number of rotatable bonds is 5. The number of aromatic carboxylic acids is 1. The second kappa shape index (κ2) is 6.56. The minimum absolute atomic E-state index is 0.0400. The summed E-state index contributed by atoms with van der Waals surface area (Å²) in [6.07, 6.45) is 5.15. The molecule has 0 radical (unpaired) electrons. The number of carboxylic acids is 1. The second-order valence-electron chi connectivity index (χ2n) is 5.53. The van der Waals surface area contributed by atoms with E-state index in [9.17, 15) is 20.0 Å². The van der Waals surface area contributed by atoms with Crippen LogP contribution in [-0.4, -0.2) is 22.0 Å². The summed E-state index contributed by atoms with van der Waals surface area (Å²) in [7, 11) is 0. The first kappa shape index (κ1) is 15.3. The quantitative estimate of drug-likeness (QED) is 0.638. The van der Waals surface area contributed by atoms with Gasteiger partial charge < -0.3 is 10.4 Å². The van der Waals surface area contributed by atoms with Gasteiger partial charge in [-0.1, -0.05) is 19.4 Å². The van der Waals surface area contributed by atoms with Gasteiger partial charge in [0.1, 0.15) is 5.69 Å². The number of hydrogen-bond acceptors (Lipinski definition) is 4. The summed E-state index contributed by atoms with van der Waals surface area (Å²) < 4.78 is 0. The van der Waals surface area contributed by atoms with Gasteiger partial charge in [-0.05, 0) is 37.7 Å². The third kappa shape index (κ3) is 3.51. The number of nitro groups is 1. The minimum atomic E-state index is -1.15. The van der Waals surface area contributed by atoms with Crippen molar-refractivity contribution >= 4 is 17.3 Å². The van der Waals surface area contributed by atoms with Crippen LogP contribution in [0.15, 0.2) is 18.2 Å². The van der Waals surface area contributed by atoms with E-state index in [1.165, 1.54) is 18.2 Å². The average Bonchev–Trinajstić information content (AvgIpc) is 2.47. The molecule has 0 bridgehead atoms. The fraction of sp³-hybridized carbons (Fsp3) is 0.533. The van der Waals surface area contributed by atoms with Crippen LogP contribution in [0.5, 0.6) is 0 Å². The van der Waals surface area contributed by atoms with Gasteiger partial charge in [0.2, 0.25) is 0 Å². The predicted molar refractivity (Wildman–Crippen MR) is 79.7 cm³/mol. The van der Waals surface area contributed by atoms with Crippen molar-refractivity contribution < 1.29 is 14.8 Å². The number of carboxylic acid groups (broad SMARTS) is 1. The number of para-hydroxylation sites is 1. The van der Waals surface area contributed by atoms with E-state index >= 15 is 0 Å². The minimum Gasteiger partial charge on any atom is -0.478 e. The molecule has 6 heteroatoms. The molecule has 1 aliphatic carbocycles. The van der Waals surface area contributed by atoms with Crippen LogP contribution in [0.3, 0.4) is 0 Å². The van der Waals surface area contributed by atoms with Gasteiger partial charge in [0.15, 0.2) is 0 Å². The van der Waals surface area contributed by atoms with Crippen LogP contribution >= 0.6 is 0 Å². The van der Waals surface area contributed by atoms with Crippen molar-refractivity contribution in [3.8, 4) is 0 Å². The lowest BCUT2D eigenvalue weighted by atomic mass is 9.84. The fourth-order valence-corrected chi connectivity index (χ4v) is 2.94. The van der Waals surface area contributed by atoms with Gasteiger partial charge in [0.25, 0.3) is 5.69 Å². The van der Waals surface area contributed by atoms with Gasteiger partial charge >= 0.3 is 5.97 Å². The number of carbonyl (C=O) groups is 1. The molecule has 0 unspecified atom stereocenters. The largest absolute Gasteiger partial charge is 0.478 e. The summed E-state index contributed by atoms with van der Waals surface area (Å²) in [5.74, 6) is -0.434. The molecule has 1 aromatic rings. The Balaban J connectivity index is 2.22. The number of nitrogens with one attached hydrogen (secondary N) is 1. The van der Waals surface area contributed by atoms with E-state index < -0.39 is 10.9 Å². The molecule has 0 amide bonds. The van der Waals surface area contributed by atoms with Gasteiger partial charge in [-0.3, -0.25) is 10.1 Å². The smallest absolute Gasteiger partial charge is 0.338 e. The maximum atomic E-state index is 11.3. The Morgan fingerprint density at radius 1 is 1.38 bits per heavy atom. The lowest BCUT2D eigenvalue weighted by Crippen LogP contribution is -2.27.